The Morgan fingerprint density at radius 1 is 1.00 bits per heavy atom. The summed E-state index contributed by atoms with van der Waals surface area (Å²) in [5.74, 6) is -1.20. The second-order valence-corrected chi connectivity index (χ2v) is 10.9. The zero-order valence-electron chi connectivity index (χ0n) is 18.6. The van der Waals surface area contributed by atoms with Gasteiger partial charge < -0.3 is 5.11 Å². The molecule has 5 nitrogen and oxygen atoms in total. The second kappa shape index (κ2) is 9.01. The van der Waals surface area contributed by atoms with Crippen molar-refractivity contribution in [3.8, 4) is 0 Å². The third kappa shape index (κ3) is 4.76. The maximum absolute atomic E-state index is 13.8. The molecule has 1 N–H and O–H groups in total. The van der Waals surface area contributed by atoms with Crippen LogP contribution in [0.4, 0.5) is 18.2 Å². The zero-order chi connectivity index (χ0) is 25.5. The molecule has 0 fully saturated rings. The van der Waals surface area contributed by atoms with Crippen molar-refractivity contribution < 1.29 is 31.5 Å². The molecule has 0 aliphatic rings. The average molecular weight is 520 g/mol. The summed E-state index contributed by atoms with van der Waals surface area (Å²) in [7, 11) is -4.25. The van der Waals surface area contributed by atoms with E-state index in [4.69, 9.17) is 5.11 Å². The molecule has 182 valence electrons. The number of thiophene rings is 1. The monoisotopic (exact) mass is 519 g/mol. The van der Waals surface area contributed by atoms with Crippen molar-refractivity contribution in [1.82, 2.24) is 0 Å². The number of benzene rings is 3. The molecule has 1 heterocycles. The molecular formula is C25H20F3NO4S2. The van der Waals surface area contributed by atoms with Crippen molar-refractivity contribution in [1.29, 1.82) is 0 Å². The van der Waals surface area contributed by atoms with Gasteiger partial charge in [-0.2, -0.15) is 13.2 Å². The Bertz CT molecular complexity index is 1520. The molecule has 4 rings (SSSR count). The van der Waals surface area contributed by atoms with Gasteiger partial charge in [-0.25, -0.2) is 13.2 Å². The highest BCUT2D eigenvalue weighted by atomic mass is 32.2. The number of carboxylic acid groups (broad SMARTS) is 1. The lowest BCUT2D eigenvalue weighted by Crippen LogP contribution is -2.30. The Hall–Kier alpha value is -3.37. The molecule has 3 aromatic carbocycles. The molecule has 0 bridgehead atoms. The number of carbonyl (C=O) groups is 1. The molecule has 0 aliphatic carbocycles. The Labute approximate surface area is 204 Å². The normalized spacial score (nSPS) is 12.1. The first kappa shape index (κ1) is 24.7. The van der Waals surface area contributed by atoms with Gasteiger partial charge in [-0.15, -0.1) is 11.3 Å². The van der Waals surface area contributed by atoms with Gasteiger partial charge in [-0.3, -0.25) is 4.31 Å². The second-order valence-electron chi connectivity index (χ2n) is 8.02. The number of halogens is 3. The molecule has 0 radical (unpaired) electrons. The Kier molecular flexibility index (Phi) is 6.37. The number of alkyl halides is 3. The minimum Gasteiger partial charge on any atom is -0.478 e. The summed E-state index contributed by atoms with van der Waals surface area (Å²) >= 11 is 1.22. The van der Waals surface area contributed by atoms with E-state index >= 15 is 0 Å². The number of hydrogen-bond acceptors (Lipinski definition) is 4. The molecule has 0 amide bonds. The molecule has 4 aromatic rings. The van der Waals surface area contributed by atoms with Gasteiger partial charge in [0.1, 0.15) is 5.00 Å². The van der Waals surface area contributed by atoms with Gasteiger partial charge in [-0.1, -0.05) is 30.3 Å². The highest BCUT2D eigenvalue weighted by Crippen LogP contribution is 2.41. The predicted molar refractivity (Wildman–Crippen MR) is 130 cm³/mol. The maximum Gasteiger partial charge on any atom is 0.416 e. The van der Waals surface area contributed by atoms with Crippen LogP contribution in [0, 0.1) is 13.8 Å². The van der Waals surface area contributed by atoms with E-state index in [0.29, 0.717) is 10.6 Å². The quantitative estimate of drug-likeness (QED) is 0.310. The van der Waals surface area contributed by atoms with E-state index in [1.54, 1.807) is 6.92 Å². The van der Waals surface area contributed by atoms with E-state index in [0.717, 1.165) is 20.5 Å². The van der Waals surface area contributed by atoms with Crippen molar-refractivity contribution in [2.75, 3.05) is 4.31 Å². The van der Waals surface area contributed by atoms with Gasteiger partial charge in [0, 0.05) is 4.70 Å². The van der Waals surface area contributed by atoms with Crippen LogP contribution in [0.2, 0.25) is 0 Å². The van der Waals surface area contributed by atoms with Crippen molar-refractivity contribution >= 4 is 42.4 Å². The summed E-state index contributed by atoms with van der Waals surface area (Å²) in [4.78, 5) is 11.0. The summed E-state index contributed by atoms with van der Waals surface area (Å²) in [6.45, 7) is 2.78. The van der Waals surface area contributed by atoms with E-state index in [1.165, 1.54) is 54.7 Å². The van der Waals surface area contributed by atoms with Crippen molar-refractivity contribution in [2.45, 2.75) is 31.5 Å². The number of aromatic carboxylic acids is 1. The molecule has 0 saturated heterocycles. The Balaban J connectivity index is 1.87. The van der Waals surface area contributed by atoms with E-state index in [-0.39, 0.29) is 28.1 Å². The first-order valence-electron chi connectivity index (χ1n) is 10.4. The zero-order valence-corrected chi connectivity index (χ0v) is 20.3. The fourth-order valence-electron chi connectivity index (χ4n) is 3.80. The molecule has 35 heavy (non-hydrogen) atoms. The molecule has 0 aliphatic heterocycles. The highest BCUT2D eigenvalue weighted by Gasteiger charge is 2.34. The van der Waals surface area contributed by atoms with Crippen LogP contribution in [0.25, 0.3) is 10.1 Å². The first-order valence-corrected chi connectivity index (χ1v) is 12.7. The molecular weight excluding hydrogens is 499 g/mol. The third-order valence-electron chi connectivity index (χ3n) is 5.67. The van der Waals surface area contributed by atoms with Gasteiger partial charge in [0.25, 0.3) is 10.0 Å². The summed E-state index contributed by atoms with van der Waals surface area (Å²) in [6.07, 6.45) is -4.58. The Morgan fingerprint density at radius 2 is 1.66 bits per heavy atom. The van der Waals surface area contributed by atoms with Crippen LogP contribution in [-0.4, -0.2) is 19.5 Å². The van der Waals surface area contributed by atoms with Crippen LogP contribution < -0.4 is 4.31 Å². The van der Waals surface area contributed by atoms with Crippen molar-refractivity contribution in [2.24, 2.45) is 0 Å². The number of hydrogen-bond donors (Lipinski definition) is 1. The standard InChI is InChI=1S/C25H20F3NO4S2/c1-15-7-8-17(13-21(15)25(26,27)28)14-29(23-16(2)20-5-3-4-6-22(20)34-23)35(32,33)19-11-9-18(10-12-19)24(30)31/h3-13H,14H2,1-2H3,(H,30,31). The van der Waals surface area contributed by atoms with Crippen molar-refractivity contribution in [3.05, 3.63) is 94.5 Å². The van der Waals surface area contributed by atoms with Crippen LogP contribution in [0.5, 0.6) is 0 Å². The lowest BCUT2D eigenvalue weighted by Gasteiger charge is -2.25. The average Bonchev–Trinajstić information content (AvgIpc) is 3.13. The van der Waals surface area contributed by atoms with Crippen molar-refractivity contribution in [3.63, 3.8) is 0 Å². The van der Waals surface area contributed by atoms with E-state index in [9.17, 15) is 26.4 Å². The fourth-order valence-corrected chi connectivity index (χ4v) is 6.73. The number of anilines is 1. The minimum atomic E-state index is -4.58. The van der Waals surface area contributed by atoms with Gasteiger partial charge in [0.2, 0.25) is 0 Å². The molecule has 0 saturated carbocycles. The van der Waals surface area contributed by atoms with E-state index in [1.807, 2.05) is 24.3 Å². The minimum absolute atomic E-state index is 0.0398. The highest BCUT2D eigenvalue weighted by molar-refractivity contribution is 7.93. The topological polar surface area (TPSA) is 74.7 Å². The lowest BCUT2D eigenvalue weighted by molar-refractivity contribution is -0.138. The number of rotatable bonds is 6. The van der Waals surface area contributed by atoms with Gasteiger partial charge in [0.05, 0.1) is 22.6 Å². The lowest BCUT2D eigenvalue weighted by atomic mass is 10.0. The number of nitrogens with zero attached hydrogens (tertiary/aromatic N) is 1. The molecule has 0 spiro atoms. The SMILES string of the molecule is Cc1ccc(CN(c2sc3ccccc3c2C)S(=O)(=O)c2ccc(C(=O)O)cc2)cc1C(F)(F)F. The maximum atomic E-state index is 13.8. The number of aryl methyl sites for hydroxylation is 2. The number of fused-ring (bicyclic) bond motifs is 1. The van der Waals surface area contributed by atoms with E-state index in [2.05, 4.69) is 0 Å². The van der Waals surface area contributed by atoms with Crippen LogP contribution in [-0.2, 0) is 22.7 Å². The largest absolute Gasteiger partial charge is 0.478 e. The Morgan fingerprint density at radius 3 is 2.26 bits per heavy atom. The smallest absolute Gasteiger partial charge is 0.416 e. The molecule has 1 aromatic heterocycles. The first-order chi connectivity index (χ1) is 16.4. The van der Waals surface area contributed by atoms with E-state index < -0.39 is 27.7 Å². The molecule has 10 heteroatoms. The summed E-state index contributed by atoms with van der Waals surface area (Å²) in [5.41, 5.74) is -0.0175. The van der Waals surface area contributed by atoms with Gasteiger partial charge in [0.15, 0.2) is 0 Å². The molecule has 0 unspecified atom stereocenters. The summed E-state index contributed by atoms with van der Waals surface area (Å²) < 4.78 is 70.0. The summed E-state index contributed by atoms with van der Waals surface area (Å²) in [6, 6.07) is 15.8. The van der Waals surface area contributed by atoms with Crippen LogP contribution in [0.1, 0.15) is 32.6 Å². The number of sulfonamides is 1. The fraction of sp³-hybridized carbons (Fsp3) is 0.160. The summed E-state index contributed by atoms with van der Waals surface area (Å²) in [5, 5.41) is 10.4. The third-order valence-corrected chi connectivity index (χ3v) is 8.84. The predicted octanol–water partition coefficient (Wildman–Crippen LogP) is 6.63. The van der Waals surface area contributed by atoms with Gasteiger partial charge >= 0.3 is 12.1 Å². The van der Waals surface area contributed by atoms with Crippen LogP contribution in [0.3, 0.4) is 0 Å². The number of carboxylic acids is 1. The van der Waals surface area contributed by atoms with Crippen LogP contribution in [0.15, 0.2) is 71.6 Å². The van der Waals surface area contributed by atoms with Crippen LogP contribution >= 0.6 is 11.3 Å². The molecule has 0 atom stereocenters. The van der Waals surface area contributed by atoms with Gasteiger partial charge in [-0.05, 0) is 72.3 Å².